The average molecular weight is 265 g/mol. The summed E-state index contributed by atoms with van der Waals surface area (Å²) in [4.78, 5) is 0. The minimum Gasteiger partial charge on any atom is -0.383 e. The second kappa shape index (κ2) is 8.06. The Labute approximate surface area is 106 Å². The molecular formula is C12H27NO3S. The summed E-state index contributed by atoms with van der Waals surface area (Å²) in [5.41, 5.74) is 0. The van der Waals surface area contributed by atoms with E-state index in [2.05, 4.69) is 12.2 Å². The van der Waals surface area contributed by atoms with E-state index in [-0.39, 0.29) is 23.0 Å². The van der Waals surface area contributed by atoms with Gasteiger partial charge in [0.2, 0.25) is 0 Å². The van der Waals surface area contributed by atoms with Crippen LogP contribution in [0.5, 0.6) is 0 Å². The molecule has 17 heavy (non-hydrogen) atoms. The van der Waals surface area contributed by atoms with Crippen molar-refractivity contribution in [3.63, 3.8) is 0 Å². The lowest BCUT2D eigenvalue weighted by molar-refractivity contribution is 0.173. The second-order valence-corrected chi connectivity index (χ2v) is 7.29. The average Bonchev–Trinajstić information content (AvgIpc) is 2.24. The third kappa shape index (κ3) is 6.38. The molecule has 0 heterocycles. The SMILES string of the molecule is CCCNC(COC)CS(=O)(=O)C(C)C(C)C. The van der Waals surface area contributed by atoms with Gasteiger partial charge in [0.05, 0.1) is 17.6 Å². The molecule has 0 aromatic carbocycles. The molecule has 0 saturated carbocycles. The van der Waals surface area contributed by atoms with Crippen molar-refractivity contribution in [1.82, 2.24) is 5.32 Å². The van der Waals surface area contributed by atoms with Crippen LogP contribution in [0.4, 0.5) is 0 Å². The molecule has 4 nitrogen and oxygen atoms in total. The van der Waals surface area contributed by atoms with Gasteiger partial charge in [-0.3, -0.25) is 0 Å². The zero-order chi connectivity index (χ0) is 13.5. The summed E-state index contributed by atoms with van der Waals surface area (Å²) < 4.78 is 29.3. The van der Waals surface area contributed by atoms with E-state index >= 15 is 0 Å². The Hall–Kier alpha value is -0.130. The molecule has 2 unspecified atom stereocenters. The highest BCUT2D eigenvalue weighted by Crippen LogP contribution is 2.13. The molecule has 2 atom stereocenters. The topological polar surface area (TPSA) is 55.4 Å². The summed E-state index contributed by atoms with van der Waals surface area (Å²) in [6.07, 6.45) is 0.986. The second-order valence-electron chi connectivity index (χ2n) is 4.89. The van der Waals surface area contributed by atoms with Gasteiger partial charge in [-0.2, -0.15) is 0 Å². The Kier molecular flexibility index (Phi) is 8.00. The number of methoxy groups -OCH3 is 1. The van der Waals surface area contributed by atoms with Gasteiger partial charge in [0.25, 0.3) is 0 Å². The lowest BCUT2D eigenvalue weighted by atomic mass is 10.2. The van der Waals surface area contributed by atoms with E-state index in [4.69, 9.17) is 4.74 Å². The van der Waals surface area contributed by atoms with Gasteiger partial charge in [0.15, 0.2) is 9.84 Å². The molecule has 0 rings (SSSR count). The van der Waals surface area contributed by atoms with E-state index in [1.54, 1.807) is 14.0 Å². The summed E-state index contributed by atoms with van der Waals surface area (Å²) in [5.74, 6) is 0.301. The van der Waals surface area contributed by atoms with Gasteiger partial charge >= 0.3 is 0 Å². The van der Waals surface area contributed by atoms with Crippen LogP contribution in [-0.4, -0.2) is 45.7 Å². The third-order valence-corrected chi connectivity index (χ3v) is 5.53. The van der Waals surface area contributed by atoms with E-state index < -0.39 is 9.84 Å². The van der Waals surface area contributed by atoms with Crippen molar-refractivity contribution in [3.8, 4) is 0 Å². The number of rotatable bonds is 9. The quantitative estimate of drug-likeness (QED) is 0.686. The minimum absolute atomic E-state index is 0.105. The van der Waals surface area contributed by atoms with Crippen LogP contribution in [0.1, 0.15) is 34.1 Å². The van der Waals surface area contributed by atoms with Crippen LogP contribution >= 0.6 is 0 Å². The van der Waals surface area contributed by atoms with Crippen molar-refractivity contribution in [1.29, 1.82) is 0 Å². The Morgan fingerprint density at radius 3 is 2.24 bits per heavy atom. The van der Waals surface area contributed by atoms with Crippen LogP contribution < -0.4 is 5.32 Å². The zero-order valence-electron chi connectivity index (χ0n) is 11.7. The molecular weight excluding hydrogens is 238 g/mol. The first-order valence-electron chi connectivity index (χ1n) is 6.29. The lowest BCUT2D eigenvalue weighted by Crippen LogP contribution is -2.42. The summed E-state index contributed by atoms with van der Waals surface area (Å²) in [6, 6.07) is -0.105. The van der Waals surface area contributed by atoms with Crippen molar-refractivity contribution in [2.24, 2.45) is 5.92 Å². The van der Waals surface area contributed by atoms with Crippen LogP contribution in [0, 0.1) is 5.92 Å². The highest BCUT2D eigenvalue weighted by atomic mass is 32.2. The monoisotopic (exact) mass is 265 g/mol. The van der Waals surface area contributed by atoms with Gasteiger partial charge in [-0.15, -0.1) is 0 Å². The molecule has 0 amide bonds. The summed E-state index contributed by atoms with van der Waals surface area (Å²) in [6.45, 7) is 8.97. The Morgan fingerprint density at radius 1 is 1.24 bits per heavy atom. The van der Waals surface area contributed by atoms with Crippen LogP contribution in [-0.2, 0) is 14.6 Å². The summed E-state index contributed by atoms with van der Waals surface area (Å²) >= 11 is 0. The van der Waals surface area contributed by atoms with Crippen molar-refractivity contribution in [2.75, 3.05) is 26.0 Å². The zero-order valence-corrected chi connectivity index (χ0v) is 12.5. The first-order valence-corrected chi connectivity index (χ1v) is 8.00. The molecule has 5 heteroatoms. The fourth-order valence-electron chi connectivity index (χ4n) is 1.56. The fraction of sp³-hybridized carbons (Fsp3) is 1.00. The Morgan fingerprint density at radius 2 is 1.82 bits per heavy atom. The highest BCUT2D eigenvalue weighted by molar-refractivity contribution is 7.92. The molecule has 0 saturated heterocycles. The molecule has 0 fully saturated rings. The number of sulfone groups is 1. The van der Waals surface area contributed by atoms with Crippen LogP contribution in [0.3, 0.4) is 0 Å². The van der Waals surface area contributed by atoms with Crippen molar-refractivity contribution >= 4 is 9.84 Å². The maximum Gasteiger partial charge on any atom is 0.154 e. The molecule has 104 valence electrons. The number of nitrogens with one attached hydrogen (secondary N) is 1. The lowest BCUT2D eigenvalue weighted by Gasteiger charge is -2.22. The highest BCUT2D eigenvalue weighted by Gasteiger charge is 2.27. The van der Waals surface area contributed by atoms with E-state index in [0.717, 1.165) is 13.0 Å². The number of hydrogen-bond donors (Lipinski definition) is 1. The van der Waals surface area contributed by atoms with Crippen molar-refractivity contribution < 1.29 is 13.2 Å². The molecule has 0 radical (unpaired) electrons. The largest absolute Gasteiger partial charge is 0.383 e. The molecule has 0 aliphatic heterocycles. The van der Waals surface area contributed by atoms with E-state index in [0.29, 0.717) is 6.61 Å². The molecule has 0 spiro atoms. The van der Waals surface area contributed by atoms with Gasteiger partial charge in [0, 0.05) is 13.2 Å². The van der Waals surface area contributed by atoms with Gasteiger partial charge in [0.1, 0.15) is 0 Å². The van der Waals surface area contributed by atoms with Crippen LogP contribution in [0.15, 0.2) is 0 Å². The van der Waals surface area contributed by atoms with Gasteiger partial charge in [-0.05, 0) is 25.8 Å². The molecule has 1 N–H and O–H groups in total. The molecule has 0 bridgehead atoms. The maximum absolute atomic E-state index is 12.1. The summed E-state index contributed by atoms with van der Waals surface area (Å²) in [7, 11) is -1.46. The van der Waals surface area contributed by atoms with Gasteiger partial charge in [-0.1, -0.05) is 20.8 Å². The van der Waals surface area contributed by atoms with Gasteiger partial charge < -0.3 is 10.1 Å². The molecule has 0 aromatic heterocycles. The van der Waals surface area contributed by atoms with Crippen molar-refractivity contribution in [3.05, 3.63) is 0 Å². The Bertz CT molecular complexity index is 288. The smallest absolute Gasteiger partial charge is 0.154 e. The predicted molar refractivity (Wildman–Crippen MR) is 72.0 cm³/mol. The van der Waals surface area contributed by atoms with E-state index in [1.165, 1.54) is 0 Å². The first kappa shape index (κ1) is 16.9. The fourth-order valence-corrected chi connectivity index (χ4v) is 3.47. The minimum atomic E-state index is -3.05. The summed E-state index contributed by atoms with van der Waals surface area (Å²) in [5, 5.41) is 2.92. The number of ether oxygens (including phenoxy) is 1. The van der Waals surface area contributed by atoms with E-state index in [9.17, 15) is 8.42 Å². The first-order chi connectivity index (χ1) is 7.85. The van der Waals surface area contributed by atoms with Crippen molar-refractivity contribution in [2.45, 2.75) is 45.4 Å². The standard InChI is InChI=1S/C12H27NO3S/c1-6-7-13-12(8-16-5)9-17(14,15)11(4)10(2)3/h10-13H,6-9H2,1-5H3. The Balaban J connectivity index is 4.51. The van der Waals surface area contributed by atoms with Crippen LogP contribution in [0.2, 0.25) is 0 Å². The van der Waals surface area contributed by atoms with E-state index in [1.807, 2.05) is 13.8 Å². The molecule has 0 aliphatic carbocycles. The molecule has 0 aromatic rings. The normalized spacial score (nSPS) is 16.1. The molecule has 0 aliphatic rings. The van der Waals surface area contributed by atoms with Gasteiger partial charge in [-0.25, -0.2) is 8.42 Å². The predicted octanol–water partition coefficient (Wildman–Crippen LogP) is 1.46. The van der Waals surface area contributed by atoms with Crippen LogP contribution in [0.25, 0.3) is 0 Å². The maximum atomic E-state index is 12.1. The third-order valence-electron chi connectivity index (χ3n) is 2.99. The number of hydrogen-bond acceptors (Lipinski definition) is 4.